The molecule has 5 amide bonds. The van der Waals surface area contributed by atoms with Crippen LogP contribution in [0.2, 0.25) is 0 Å². The first-order chi connectivity index (χ1) is 65.5. The fourth-order valence-electron chi connectivity index (χ4n) is 14.4. The first-order valence-electron chi connectivity index (χ1n) is 47.3. The molecule has 0 fully saturated rings. The Morgan fingerprint density at radius 3 is 1.13 bits per heavy atom. The summed E-state index contributed by atoms with van der Waals surface area (Å²) >= 11 is -0.269. The van der Waals surface area contributed by atoms with Crippen molar-refractivity contribution in [3.8, 4) is 5.75 Å². The molecule has 0 aliphatic heterocycles. The van der Waals surface area contributed by atoms with E-state index in [9.17, 15) is 52.7 Å². The first-order valence-corrected chi connectivity index (χ1v) is 49.4. The van der Waals surface area contributed by atoms with E-state index >= 15 is 0 Å². The third-order valence-corrected chi connectivity index (χ3v) is 24.4. The Hall–Kier alpha value is -11.9. The summed E-state index contributed by atoms with van der Waals surface area (Å²) in [6.07, 6.45) is 28.6. The van der Waals surface area contributed by atoms with Crippen molar-refractivity contribution in [1.82, 2.24) is 20.9 Å². The van der Waals surface area contributed by atoms with E-state index in [2.05, 4.69) is 220 Å². The number of nitrogens with zero attached hydrogens (tertiary/aromatic N) is 1. The number of carbonyl (C=O) groups is 11. The van der Waals surface area contributed by atoms with Crippen molar-refractivity contribution < 1.29 is 126 Å². The number of alkyl carbamates (subject to hydrolysis) is 1. The minimum atomic E-state index is -1.35. The lowest BCUT2D eigenvalue weighted by molar-refractivity contribution is -0.597. The molecule has 0 aliphatic rings. The number of carbonyl (C=O) groups excluding carboxylic acids is 11. The fourth-order valence-corrected chi connectivity index (χ4v) is 16.6. The largest absolute Gasteiger partial charge is 0.490 e. The number of hydrogen-bond acceptors (Lipinski definition) is 22. The second kappa shape index (κ2) is 71.6. The quantitative estimate of drug-likeness (QED) is 0.00797. The van der Waals surface area contributed by atoms with Gasteiger partial charge in [-0.1, -0.05) is 302 Å². The molecule has 0 aliphatic carbocycles. The second-order valence-corrected chi connectivity index (χ2v) is 35.9. The molecule has 6 rings (SSSR count). The molecule has 3 N–H and O–H groups in total. The number of rotatable bonds is 68. The van der Waals surface area contributed by atoms with Crippen LogP contribution in [0.5, 0.6) is 5.75 Å². The number of urea groups is 2. The smallest absolute Gasteiger partial charge is 0.407 e. The molecular weight excluding hydrogens is 1830 g/mol. The summed E-state index contributed by atoms with van der Waals surface area (Å²) < 4.78 is 61.0. The minimum absolute atomic E-state index is 0.00792. The average Bonchev–Trinajstić information content (AvgIpc) is 0.736. The minimum Gasteiger partial charge on any atom is -0.490 e. The average molecular weight is 1980 g/mol. The summed E-state index contributed by atoms with van der Waals surface area (Å²) in [5.74, 6) is -4.04. The maximum atomic E-state index is 13.3. The molecule has 1 atom stereocenters. The van der Waals surface area contributed by atoms with Gasteiger partial charge in [0, 0.05) is 75.5 Å². The molecule has 0 spiro atoms. The van der Waals surface area contributed by atoms with Gasteiger partial charge in [0.2, 0.25) is 0 Å². The molecule has 6 aromatic rings. The van der Waals surface area contributed by atoms with Gasteiger partial charge in [-0.2, -0.15) is 21.9 Å². The number of imide groups is 1. The highest BCUT2D eigenvalue weighted by atomic mass is 127. The van der Waals surface area contributed by atoms with Gasteiger partial charge in [-0.15, -0.1) is 0 Å². The van der Waals surface area contributed by atoms with Crippen LogP contribution in [0.3, 0.4) is 0 Å². The highest BCUT2D eigenvalue weighted by Crippen LogP contribution is 2.26. The molecule has 28 heteroatoms. The summed E-state index contributed by atoms with van der Waals surface area (Å²) in [6, 6.07) is 61.4. The Bertz CT molecular complexity index is 4200. The van der Waals surface area contributed by atoms with Crippen LogP contribution in [0, 0.1) is 18.0 Å². The molecule has 135 heavy (non-hydrogen) atoms. The topological polar surface area (TPSA) is 329 Å². The van der Waals surface area contributed by atoms with Crippen LogP contribution in [0.25, 0.3) is 0 Å². The predicted octanol–water partition coefficient (Wildman–Crippen LogP) is 14.1. The van der Waals surface area contributed by atoms with Crippen molar-refractivity contribution in [1.29, 1.82) is 0 Å². The Labute approximate surface area is 810 Å². The zero-order chi connectivity index (χ0) is 98.1. The van der Waals surface area contributed by atoms with Crippen LogP contribution >= 0.6 is 0 Å². The zero-order valence-corrected chi connectivity index (χ0v) is 81.8. The molecular formula is C107H144BIN4O22. The van der Waals surface area contributed by atoms with Crippen molar-refractivity contribution in [2.45, 2.75) is 200 Å². The Kier molecular flexibility index (Phi) is 61.2. The summed E-state index contributed by atoms with van der Waals surface area (Å²) in [4.78, 5) is 134. The third-order valence-electron chi connectivity index (χ3n) is 21.7. The van der Waals surface area contributed by atoms with Gasteiger partial charge in [-0.3, -0.25) is 9.59 Å². The predicted molar refractivity (Wildman–Crippen MR) is 524 cm³/mol. The Morgan fingerprint density at radius 1 is 0.370 bits per heavy atom. The van der Waals surface area contributed by atoms with E-state index in [0.717, 1.165) is 139 Å². The number of nitrogens with one attached hydrogen (secondary N) is 3. The lowest BCUT2D eigenvalue weighted by Gasteiger charge is -2.44. The Morgan fingerprint density at radius 2 is 0.719 bits per heavy atom. The summed E-state index contributed by atoms with van der Waals surface area (Å²) in [7, 11) is 0. The zero-order valence-electron chi connectivity index (χ0n) is 79.6. The van der Waals surface area contributed by atoms with Crippen molar-refractivity contribution in [3.05, 3.63) is 259 Å². The number of unbranched alkanes of at least 4 members (excludes halogenated alkanes) is 20. The maximum Gasteiger partial charge on any atom is 0.407 e. The Balaban J connectivity index is 0.000000507. The molecule has 0 saturated heterocycles. The molecule has 0 radical (unpaired) electrons. The van der Waals surface area contributed by atoms with E-state index < -0.39 is 70.9 Å². The first kappa shape index (κ1) is 115. The van der Waals surface area contributed by atoms with E-state index in [1.54, 1.807) is 13.8 Å². The monoisotopic (exact) mass is 1970 g/mol. The second-order valence-electron chi connectivity index (χ2n) is 32.9. The van der Waals surface area contributed by atoms with E-state index in [1.807, 2.05) is 18.2 Å². The number of amides is 5. The molecule has 26 nitrogen and oxygen atoms in total. The lowest BCUT2D eigenvalue weighted by atomic mass is 9.13. The van der Waals surface area contributed by atoms with Gasteiger partial charge >= 0.3 is 87.1 Å². The van der Waals surface area contributed by atoms with E-state index in [4.69, 9.17) is 52.1 Å². The highest BCUT2D eigenvalue weighted by Gasteiger charge is 2.39. The van der Waals surface area contributed by atoms with E-state index in [0.29, 0.717) is 45.5 Å². The van der Waals surface area contributed by atoms with Crippen molar-refractivity contribution >= 4 is 93.9 Å². The maximum absolute atomic E-state index is 13.3. The molecule has 734 valence electrons. The SMILES string of the molecule is C=CC(=O)OCC(C)(COCC(COC(=O)C=C)(COC(=O)C=C)COC(=O)C=C)COC(=O)C=C.C=CC(=O)OCCOC(=O)CCCCCCCNC(=O)N(CCCCCCNC(=O)OC(CCCCCCCCCCCC)COc1ccc([I+]c2ccccc2)cc1)C(=O)NCCCCCCCC(=O)OCC.c1ccc([B-](c2ccccc2)(c2ccccc2)c2ccccc2)cc1. The van der Waals surface area contributed by atoms with Crippen LogP contribution in [0.1, 0.15) is 194 Å². The number of esters is 8. The lowest BCUT2D eigenvalue weighted by Crippen LogP contribution is -3.61. The van der Waals surface area contributed by atoms with E-state index in [-0.39, 0.29) is 118 Å². The third kappa shape index (κ3) is 50.3. The molecule has 0 heterocycles. The van der Waals surface area contributed by atoms with Crippen molar-refractivity contribution in [3.63, 3.8) is 0 Å². The van der Waals surface area contributed by atoms with Crippen molar-refractivity contribution in [2.24, 2.45) is 10.8 Å². The fraction of sp³-hybridized carbons (Fsp3) is 0.449. The van der Waals surface area contributed by atoms with Gasteiger partial charge in [0.25, 0.3) is 0 Å². The van der Waals surface area contributed by atoms with E-state index in [1.165, 1.54) is 85.3 Å². The molecule has 1 unspecified atom stereocenters. The van der Waals surface area contributed by atoms with Crippen LogP contribution in [0.4, 0.5) is 14.4 Å². The van der Waals surface area contributed by atoms with Crippen LogP contribution in [-0.4, -0.2) is 182 Å². The van der Waals surface area contributed by atoms with Crippen LogP contribution < -0.4 is 63.7 Å². The van der Waals surface area contributed by atoms with Gasteiger partial charge in [-0.05, 0) is 94.7 Å². The molecule has 0 saturated carbocycles. The normalized spacial score (nSPS) is 11.1. The summed E-state index contributed by atoms with van der Waals surface area (Å²) in [5.41, 5.74) is 2.97. The van der Waals surface area contributed by atoms with Gasteiger partial charge in [-0.25, -0.2) is 48.1 Å². The molecule has 0 bridgehead atoms. The van der Waals surface area contributed by atoms with Gasteiger partial charge < -0.3 is 68.1 Å². The summed E-state index contributed by atoms with van der Waals surface area (Å²) in [5, 5.41) is 8.75. The standard InChI is InChI=1S/C58H91IN4O11.C25H32O11.C24H20B/c1-4-7-8-9-10-11-12-13-16-26-35-52(48-73-51-40-38-50(39-41-51)59-49-33-24-23-25-34-49)74-58(69)62-44-31-21-22-32-45-63(56(67)60-42-29-19-14-17-27-36-54(65)70-6-3)57(68)61-43-30-20-15-18-28-37-55(66)72-47-46-71-53(64)5-2;1-7-19(26)32-13-24(6,14-33-20(27)8-2)12-31-15-25(16-34-21(28)9-3,17-35-22(29)10-4)18-36-23(30)11-5;1-5-13-21(14-6-1)25(22-15-7-2-8-16-22,23-17-9-3-10-18-23)24-19-11-4-12-20-24/h5,23-25,33-34,38-41,52H,2,4,6-22,26-32,35-37,42-48H2,1,3H3,(H2-,60,61,62,67,68,69);7-11H,1-5,12-18H2,6H3;1-20H/q;;-1/p+1. The summed E-state index contributed by atoms with van der Waals surface area (Å²) in [6.45, 7) is 25.8. The number of halogens is 1. The molecule has 0 aromatic heterocycles. The van der Waals surface area contributed by atoms with Crippen LogP contribution in [-0.2, 0) is 85.7 Å². The number of hydrogen-bond donors (Lipinski definition) is 3. The molecule has 6 aromatic carbocycles. The van der Waals surface area contributed by atoms with Gasteiger partial charge in [0.15, 0.2) is 7.14 Å². The highest BCUT2D eigenvalue weighted by molar-refractivity contribution is 7.19. The van der Waals surface area contributed by atoms with Gasteiger partial charge in [0.05, 0.1) is 30.7 Å². The van der Waals surface area contributed by atoms with Crippen LogP contribution in [0.15, 0.2) is 252 Å². The van der Waals surface area contributed by atoms with Crippen molar-refractivity contribution in [2.75, 3.05) is 98.9 Å². The number of benzene rings is 6. The van der Waals surface area contributed by atoms with Gasteiger partial charge in [0.1, 0.15) is 70.9 Å². The number of ether oxygens (including phenoxy) is 11.